The first-order valence-electron chi connectivity index (χ1n) is 12.8. The molecular formula is C30H27Cl2N3O3. The standard InChI is InChI=1S/C30H27Cl2N3O3/c1-17-5-2-3-8-22(17)28-30(23-12-9-20(32)14-25(23)34-29(30)38)24(18-6-4-7-19(31)13-18)15-27(37)35(28)16-26(36)33-21-10-11-21/h2-9,12-14,21,24,28H,10-11,15-16H2,1H3,(H,33,36)(H,34,38)/t24-,28+,30-/m0/s1. The van der Waals surface area contributed by atoms with Gasteiger partial charge in [-0.1, -0.05) is 65.7 Å². The number of hydrogen-bond donors (Lipinski definition) is 2. The summed E-state index contributed by atoms with van der Waals surface area (Å²) >= 11 is 12.8. The SMILES string of the molecule is Cc1ccccc1[C@H]1N(CC(=O)NC2CC2)C(=O)C[C@@H](c2cccc(Cl)c2)[C@]12C(=O)Nc1cc(Cl)ccc12. The number of nitrogens with zero attached hydrogens (tertiary/aromatic N) is 1. The van der Waals surface area contributed by atoms with Crippen LogP contribution in [0.15, 0.2) is 66.7 Å². The Kier molecular flexibility index (Phi) is 6.20. The summed E-state index contributed by atoms with van der Waals surface area (Å²) in [5, 5.41) is 7.10. The lowest BCUT2D eigenvalue weighted by atomic mass is 9.58. The number of benzene rings is 3. The minimum absolute atomic E-state index is 0.0505. The third-order valence-corrected chi connectivity index (χ3v) is 8.50. The number of fused-ring (bicyclic) bond motifs is 2. The minimum Gasteiger partial charge on any atom is -0.352 e. The molecule has 0 radical (unpaired) electrons. The second-order valence-corrected chi connectivity index (χ2v) is 11.3. The first kappa shape index (κ1) is 25.0. The number of carbonyl (C=O) groups is 3. The van der Waals surface area contributed by atoms with E-state index in [-0.39, 0.29) is 36.7 Å². The van der Waals surface area contributed by atoms with Gasteiger partial charge in [-0.05, 0) is 66.3 Å². The van der Waals surface area contributed by atoms with E-state index in [4.69, 9.17) is 23.2 Å². The number of carbonyl (C=O) groups excluding carboxylic acids is 3. The molecule has 3 atom stereocenters. The van der Waals surface area contributed by atoms with E-state index in [1.807, 2.05) is 55.5 Å². The summed E-state index contributed by atoms with van der Waals surface area (Å²) in [5.41, 5.74) is 2.70. The first-order chi connectivity index (χ1) is 18.3. The van der Waals surface area contributed by atoms with Gasteiger partial charge in [0.1, 0.15) is 12.0 Å². The summed E-state index contributed by atoms with van der Waals surface area (Å²) in [6.45, 7) is 1.84. The predicted molar refractivity (Wildman–Crippen MR) is 147 cm³/mol. The van der Waals surface area contributed by atoms with Crippen LogP contribution in [-0.4, -0.2) is 35.2 Å². The van der Waals surface area contributed by atoms with Crippen LogP contribution in [0.4, 0.5) is 5.69 Å². The number of piperidine rings is 1. The topological polar surface area (TPSA) is 78.5 Å². The van der Waals surface area contributed by atoms with Crippen LogP contribution in [0.2, 0.25) is 10.0 Å². The van der Waals surface area contributed by atoms with Crippen LogP contribution in [0, 0.1) is 6.92 Å². The predicted octanol–water partition coefficient (Wildman–Crippen LogP) is 5.53. The van der Waals surface area contributed by atoms with Crippen molar-refractivity contribution in [3.63, 3.8) is 0 Å². The fourth-order valence-electron chi connectivity index (χ4n) is 6.23. The van der Waals surface area contributed by atoms with Crippen LogP contribution in [0.3, 0.4) is 0 Å². The third-order valence-electron chi connectivity index (χ3n) is 8.03. The number of likely N-dealkylation sites (tertiary alicyclic amines) is 1. The van der Waals surface area contributed by atoms with E-state index in [0.29, 0.717) is 15.7 Å². The maximum atomic E-state index is 14.4. The first-order valence-corrected chi connectivity index (χ1v) is 13.6. The highest BCUT2D eigenvalue weighted by molar-refractivity contribution is 6.31. The molecule has 3 aromatic rings. The molecule has 2 fully saturated rings. The van der Waals surface area contributed by atoms with Crippen molar-refractivity contribution in [2.75, 3.05) is 11.9 Å². The Morgan fingerprint density at radius 2 is 1.79 bits per heavy atom. The van der Waals surface area contributed by atoms with Crippen LogP contribution in [-0.2, 0) is 19.8 Å². The van der Waals surface area contributed by atoms with Gasteiger partial charge >= 0.3 is 0 Å². The third kappa shape index (κ3) is 4.07. The van der Waals surface area contributed by atoms with Gasteiger partial charge in [-0.15, -0.1) is 0 Å². The zero-order chi connectivity index (χ0) is 26.6. The fraction of sp³-hybridized carbons (Fsp3) is 0.300. The zero-order valence-corrected chi connectivity index (χ0v) is 22.4. The molecule has 1 aliphatic carbocycles. The van der Waals surface area contributed by atoms with Gasteiger partial charge in [0.25, 0.3) is 0 Å². The fourth-order valence-corrected chi connectivity index (χ4v) is 6.60. The molecule has 38 heavy (non-hydrogen) atoms. The Bertz CT molecular complexity index is 1470. The average molecular weight is 548 g/mol. The summed E-state index contributed by atoms with van der Waals surface area (Å²) in [5.74, 6) is -1.16. The van der Waals surface area contributed by atoms with Crippen molar-refractivity contribution in [1.82, 2.24) is 10.2 Å². The van der Waals surface area contributed by atoms with Gasteiger partial charge in [-0.3, -0.25) is 14.4 Å². The summed E-state index contributed by atoms with van der Waals surface area (Å²) < 4.78 is 0. The highest BCUT2D eigenvalue weighted by Crippen LogP contribution is 2.60. The zero-order valence-electron chi connectivity index (χ0n) is 20.8. The van der Waals surface area contributed by atoms with E-state index >= 15 is 0 Å². The lowest BCUT2D eigenvalue weighted by molar-refractivity contribution is -0.149. The Morgan fingerprint density at radius 1 is 1.03 bits per heavy atom. The van der Waals surface area contributed by atoms with E-state index in [9.17, 15) is 14.4 Å². The molecule has 1 saturated carbocycles. The van der Waals surface area contributed by atoms with Crippen LogP contribution in [0.25, 0.3) is 0 Å². The Morgan fingerprint density at radius 3 is 2.53 bits per heavy atom. The van der Waals surface area contributed by atoms with Crippen molar-refractivity contribution >= 4 is 46.6 Å². The number of hydrogen-bond acceptors (Lipinski definition) is 3. The van der Waals surface area contributed by atoms with Gasteiger partial charge in [0, 0.05) is 34.1 Å². The van der Waals surface area contributed by atoms with Crippen molar-refractivity contribution < 1.29 is 14.4 Å². The minimum atomic E-state index is -1.22. The molecule has 2 aliphatic heterocycles. The molecule has 194 valence electrons. The van der Waals surface area contributed by atoms with E-state index in [1.54, 1.807) is 23.1 Å². The maximum absolute atomic E-state index is 14.4. The molecular weight excluding hydrogens is 521 g/mol. The van der Waals surface area contributed by atoms with Crippen molar-refractivity contribution in [2.24, 2.45) is 0 Å². The van der Waals surface area contributed by atoms with Gasteiger partial charge in [0.15, 0.2) is 0 Å². The number of rotatable bonds is 5. The molecule has 6 nitrogen and oxygen atoms in total. The Hall–Kier alpha value is -3.35. The average Bonchev–Trinajstić information content (AvgIpc) is 3.65. The normalized spacial score (nSPS) is 24.3. The molecule has 3 amide bonds. The summed E-state index contributed by atoms with van der Waals surface area (Å²) in [6.07, 6.45) is 1.94. The van der Waals surface area contributed by atoms with E-state index in [2.05, 4.69) is 10.6 Å². The number of anilines is 1. The van der Waals surface area contributed by atoms with Gasteiger partial charge in [-0.2, -0.15) is 0 Å². The number of nitrogens with one attached hydrogen (secondary N) is 2. The van der Waals surface area contributed by atoms with E-state index in [0.717, 1.165) is 35.1 Å². The van der Waals surface area contributed by atoms with Crippen LogP contribution >= 0.6 is 23.2 Å². The molecule has 0 bridgehead atoms. The molecule has 2 N–H and O–H groups in total. The van der Waals surface area contributed by atoms with E-state index < -0.39 is 17.4 Å². The monoisotopic (exact) mass is 547 g/mol. The highest BCUT2D eigenvalue weighted by atomic mass is 35.5. The summed E-state index contributed by atoms with van der Waals surface area (Å²) in [4.78, 5) is 43.1. The van der Waals surface area contributed by atoms with Crippen LogP contribution in [0.1, 0.15) is 53.5 Å². The molecule has 6 rings (SSSR count). The molecule has 3 aromatic carbocycles. The van der Waals surface area contributed by atoms with Gasteiger partial charge < -0.3 is 15.5 Å². The molecule has 1 spiro atoms. The lowest BCUT2D eigenvalue weighted by Crippen LogP contribution is -2.60. The van der Waals surface area contributed by atoms with Crippen molar-refractivity contribution in [2.45, 2.75) is 49.6 Å². The maximum Gasteiger partial charge on any atom is 0.239 e. The Labute approximate surface area is 231 Å². The van der Waals surface area contributed by atoms with Gasteiger partial charge in [-0.25, -0.2) is 0 Å². The smallest absolute Gasteiger partial charge is 0.239 e. The molecule has 8 heteroatoms. The number of halogens is 2. The van der Waals surface area contributed by atoms with E-state index in [1.165, 1.54) is 0 Å². The lowest BCUT2D eigenvalue weighted by Gasteiger charge is -2.51. The molecule has 0 aromatic heterocycles. The van der Waals surface area contributed by atoms with Crippen LogP contribution < -0.4 is 10.6 Å². The molecule has 2 heterocycles. The molecule has 1 saturated heterocycles. The summed E-state index contributed by atoms with van der Waals surface area (Å²) in [7, 11) is 0. The second kappa shape index (κ2) is 9.44. The molecule has 0 unspecified atom stereocenters. The number of aryl methyl sites for hydroxylation is 1. The molecule has 3 aliphatic rings. The van der Waals surface area contributed by atoms with Crippen LogP contribution in [0.5, 0.6) is 0 Å². The Balaban J connectivity index is 1.61. The number of amides is 3. The second-order valence-electron chi connectivity index (χ2n) is 10.4. The quantitative estimate of drug-likeness (QED) is 0.441. The van der Waals surface area contributed by atoms with Crippen molar-refractivity contribution in [3.8, 4) is 0 Å². The highest BCUT2D eigenvalue weighted by Gasteiger charge is 2.63. The summed E-state index contributed by atoms with van der Waals surface area (Å²) in [6, 6.07) is 19.9. The largest absolute Gasteiger partial charge is 0.352 e. The van der Waals surface area contributed by atoms with Crippen molar-refractivity contribution in [1.29, 1.82) is 0 Å². The van der Waals surface area contributed by atoms with Crippen molar-refractivity contribution in [3.05, 3.63) is 99.0 Å². The van der Waals surface area contributed by atoms with Gasteiger partial charge in [0.2, 0.25) is 17.7 Å². The van der Waals surface area contributed by atoms with Gasteiger partial charge in [0.05, 0.1) is 6.04 Å².